The second-order valence-electron chi connectivity index (χ2n) is 4.29. The van der Waals surface area contributed by atoms with E-state index in [2.05, 4.69) is 15.4 Å². The van der Waals surface area contributed by atoms with Gasteiger partial charge in [0.25, 0.3) is 5.91 Å². The summed E-state index contributed by atoms with van der Waals surface area (Å²) in [6, 6.07) is 7.24. The summed E-state index contributed by atoms with van der Waals surface area (Å²) >= 11 is 0. The number of esters is 1. The number of aromatic carboxylic acids is 1. The highest BCUT2D eigenvalue weighted by atomic mass is 16.5. The van der Waals surface area contributed by atoms with Gasteiger partial charge in [0.05, 0.1) is 19.1 Å². The predicted molar refractivity (Wildman–Crippen MR) is 80.4 cm³/mol. The number of hydrogen-bond donors (Lipinski definition) is 3. The molecule has 0 heterocycles. The zero-order valence-electron chi connectivity index (χ0n) is 12.3. The van der Waals surface area contributed by atoms with Gasteiger partial charge in [-0.25, -0.2) is 4.79 Å². The van der Waals surface area contributed by atoms with E-state index in [9.17, 15) is 14.4 Å². The van der Waals surface area contributed by atoms with Gasteiger partial charge in [0.1, 0.15) is 11.6 Å². The second-order valence-corrected chi connectivity index (χ2v) is 4.29. The number of ether oxygens (including phenoxy) is 1. The van der Waals surface area contributed by atoms with Crippen molar-refractivity contribution in [1.82, 2.24) is 5.32 Å². The molecule has 23 heavy (non-hydrogen) atoms. The Morgan fingerprint density at radius 1 is 1.30 bits per heavy atom. The van der Waals surface area contributed by atoms with E-state index < -0.39 is 17.8 Å². The number of carboxylic acid groups (broad SMARTS) is 1. The van der Waals surface area contributed by atoms with Crippen LogP contribution in [-0.2, 0) is 14.3 Å². The highest BCUT2D eigenvalue weighted by Crippen LogP contribution is 2.10. The van der Waals surface area contributed by atoms with E-state index in [4.69, 9.17) is 10.4 Å². The van der Waals surface area contributed by atoms with Crippen molar-refractivity contribution < 1.29 is 24.2 Å². The number of nitriles is 1. The van der Waals surface area contributed by atoms with Crippen molar-refractivity contribution in [2.75, 3.05) is 19.0 Å². The maximum atomic E-state index is 11.9. The molecule has 1 amide bonds. The van der Waals surface area contributed by atoms with Crippen LogP contribution >= 0.6 is 0 Å². The van der Waals surface area contributed by atoms with E-state index in [-0.39, 0.29) is 24.1 Å². The fourth-order valence-corrected chi connectivity index (χ4v) is 1.49. The molecule has 0 aliphatic carbocycles. The molecule has 8 heteroatoms. The first-order chi connectivity index (χ1) is 11.0. The first kappa shape index (κ1) is 17.7. The first-order valence-corrected chi connectivity index (χ1v) is 6.53. The summed E-state index contributed by atoms with van der Waals surface area (Å²) in [6.45, 7) is 0.221. The van der Waals surface area contributed by atoms with Crippen molar-refractivity contribution in [3.8, 4) is 6.07 Å². The molecule has 120 valence electrons. The van der Waals surface area contributed by atoms with E-state index in [0.717, 1.165) is 0 Å². The summed E-state index contributed by atoms with van der Waals surface area (Å²) in [6.07, 6.45) is 1.30. The van der Waals surface area contributed by atoms with Crippen molar-refractivity contribution in [2.24, 2.45) is 0 Å². The number of carboxylic acids is 1. The van der Waals surface area contributed by atoms with Crippen LogP contribution in [0.1, 0.15) is 16.8 Å². The molecule has 3 N–H and O–H groups in total. The summed E-state index contributed by atoms with van der Waals surface area (Å²) in [5.74, 6) is -2.14. The molecular formula is C15H15N3O5. The fourth-order valence-electron chi connectivity index (χ4n) is 1.49. The topological polar surface area (TPSA) is 129 Å². The summed E-state index contributed by atoms with van der Waals surface area (Å²) in [4.78, 5) is 33.5. The average molecular weight is 317 g/mol. The number of anilines is 1. The lowest BCUT2D eigenvalue weighted by molar-refractivity contribution is -0.140. The molecule has 8 nitrogen and oxygen atoms in total. The summed E-state index contributed by atoms with van der Waals surface area (Å²) in [5, 5.41) is 22.9. The third-order valence-electron chi connectivity index (χ3n) is 2.70. The van der Waals surface area contributed by atoms with E-state index in [0.29, 0.717) is 5.69 Å². The molecule has 0 fully saturated rings. The van der Waals surface area contributed by atoms with Crippen LogP contribution in [0.15, 0.2) is 36.0 Å². The maximum absolute atomic E-state index is 11.9. The van der Waals surface area contributed by atoms with Crippen molar-refractivity contribution in [2.45, 2.75) is 6.42 Å². The summed E-state index contributed by atoms with van der Waals surface area (Å²) in [7, 11) is 1.27. The smallest absolute Gasteiger partial charge is 0.335 e. The Morgan fingerprint density at radius 3 is 2.48 bits per heavy atom. The molecular weight excluding hydrogens is 302 g/mol. The summed E-state index contributed by atoms with van der Waals surface area (Å²) in [5.41, 5.74) is 0.261. The Morgan fingerprint density at radius 2 is 1.96 bits per heavy atom. The van der Waals surface area contributed by atoms with Crippen LogP contribution in [0.25, 0.3) is 0 Å². The molecule has 1 aromatic rings. The van der Waals surface area contributed by atoms with E-state index in [1.807, 2.05) is 0 Å². The zero-order chi connectivity index (χ0) is 17.2. The van der Waals surface area contributed by atoms with Crippen molar-refractivity contribution in [3.63, 3.8) is 0 Å². The lowest BCUT2D eigenvalue weighted by atomic mass is 10.2. The quantitative estimate of drug-likeness (QED) is 0.295. The number of nitrogens with one attached hydrogen (secondary N) is 2. The van der Waals surface area contributed by atoms with Crippen LogP contribution in [-0.4, -0.2) is 36.6 Å². The lowest BCUT2D eigenvalue weighted by Gasteiger charge is -2.05. The van der Waals surface area contributed by atoms with Gasteiger partial charge in [0, 0.05) is 18.4 Å². The van der Waals surface area contributed by atoms with E-state index >= 15 is 0 Å². The van der Waals surface area contributed by atoms with Gasteiger partial charge in [-0.1, -0.05) is 0 Å². The molecule has 0 saturated carbocycles. The van der Waals surface area contributed by atoms with Gasteiger partial charge in [-0.3, -0.25) is 9.59 Å². The molecule has 0 bridgehead atoms. The standard InChI is InChI=1S/C15H15N3O5/c1-23-13(19)6-7-17-9-11(8-16)14(20)18-12-4-2-10(3-5-12)15(21)22/h2-5,9,17H,6-7H2,1H3,(H,18,20)(H,21,22)/b11-9-. The maximum Gasteiger partial charge on any atom is 0.335 e. The highest BCUT2D eigenvalue weighted by Gasteiger charge is 2.10. The number of amides is 1. The second kappa shape index (κ2) is 8.84. The normalized spacial score (nSPS) is 10.3. The number of benzene rings is 1. The molecule has 0 spiro atoms. The largest absolute Gasteiger partial charge is 0.478 e. The third kappa shape index (κ3) is 5.89. The van der Waals surface area contributed by atoms with Gasteiger partial charge < -0.3 is 20.5 Å². The minimum atomic E-state index is -1.07. The molecule has 0 aromatic heterocycles. The average Bonchev–Trinajstić information content (AvgIpc) is 2.54. The Hall–Kier alpha value is -3.34. The van der Waals surface area contributed by atoms with Gasteiger partial charge in [0.2, 0.25) is 0 Å². The van der Waals surface area contributed by atoms with Crippen LogP contribution in [0.4, 0.5) is 5.69 Å². The monoisotopic (exact) mass is 317 g/mol. The zero-order valence-corrected chi connectivity index (χ0v) is 12.3. The molecule has 0 atom stereocenters. The van der Waals surface area contributed by atoms with Gasteiger partial charge in [-0.05, 0) is 24.3 Å². The van der Waals surface area contributed by atoms with Crippen molar-refractivity contribution in [1.29, 1.82) is 5.26 Å². The van der Waals surface area contributed by atoms with Crippen molar-refractivity contribution in [3.05, 3.63) is 41.6 Å². The predicted octanol–water partition coefficient (Wildman–Crippen LogP) is 0.883. The Bertz CT molecular complexity index is 659. The third-order valence-corrected chi connectivity index (χ3v) is 2.70. The first-order valence-electron chi connectivity index (χ1n) is 6.53. The van der Waals surface area contributed by atoms with Crippen LogP contribution in [0.3, 0.4) is 0 Å². The minimum absolute atomic E-state index is 0.0866. The number of methoxy groups -OCH3 is 1. The van der Waals surface area contributed by atoms with E-state index in [1.165, 1.54) is 37.6 Å². The molecule has 0 saturated heterocycles. The van der Waals surface area contributed by atoms with Gasteiger partial charge in [-0.2, -0.15) is 5.26 Å². The molecule has 0 aliphatic rings. The van der Waals surface area contributed by atoms with Gasteiger partial charge in [-0.15, -0.1) is 0 Å². The Balaban J connectivity index is 2.61. The van der Waals surface area contributed by atoms with Crippen LogP contribution < -0.4 is 10.6 Å². The number of carbonyl (C=O) groups excluding carboxylic acids is 2. The Labute approximate surface area is 132 Å². The lowest BCUT2D eigenvalue weighted by Crippen LogP contribution is -2.18. The fraction of sp³-hybridized carbons (Fsp3) is 0.200. The van der Waals surface area contributed by atoms with Crippen LogP contribution in [0, 0.1) is 11.3 Å². The van der Waals surface area contributed by atoms with Gasteiger partial charge >= 0.3 is 11.9 Å². The molecule has 0 aliphatic heterocycles. The molecule has 1 aromatic carbocycles. The van der Waals surface area contributed by atoms with Gasteiger partial charge in [0.15, 0.2) is 0 Å². The highest BCUT2D eigenvalue weighted by molar-refractivity contribution is 6.06. The summed E-state index contributed by atoms with van der Waals surface area (Å²) < 4.78 is 4.45. The minimum Gasteiger partial charge on any atom is -0.478 e. The molecule has 1 rings (SSSR count). The Kier molecular flexibility index (Phi) is 6.81. The molecule has 0 radical (unpaired) electrons. The SMILES string of the molecule is COC(=O)CCN/C=C(/C#N)C(=O)Nc1ccc(C(=O)O)cc1. The number of nitrogens with zero attached hydrogens (tertiary/aromatic N) is 1. The van der Waals surface area contributed by atoms with E-state index in [1.54, 1.807) is 6.07 Å². The number of rotatable bonds is 7. The van der Waals surface area contributed by atoms with Crippen LogP contribution in [0.5, 0.6) is 0 Å². The van der Waals surface area contributed by atoms with Crippen LogP contribution in [0.2, 0.25) is 0 Å². The number of hydrogen-bond acceptors (Lipinski definition) is 6. The number of carbonyl (C=O) groups is 3. The molecule has 0 unspecified atom stereocenters. The van der Waals surface area contributed by atoms with Crippen molar-refractivity contribution >= 4 is 23.5 Å².